The van der Waals surface area contributed by atoms with Gasteiger partial charge in [0.2, 0.25) is 0 Å². The van der Waals surface area contributed by atoms with Crippen LogP contribution in [0.25, 0.3) is 5.65 Å². The van der Waals surface area contributed by atoms with Gasteiger partial charge in [0.25, 0.3) is 11.5 Å². The highest BCUT2D eigenvalue weighted by molar-refractivity contribution is 6.00. The molecule has 4 heterocycles. The van der Waals surface area contributed by atoms with E-state index in [1.807, 2.05) is 13.0 Å². The normalized spacial score (nSPS) is 15.4. The Morgan fingerprint density at radius 1 is 1.36 bits per heavy atom. The first-order valence-electron chi connectivity index (χ1n) is 11.0. The van der Waals surface area contributed by atoms with Crippen LogP contribution in [0.4, 0.5) is 17.3 Å². The van der Waals surface area contributed by atoms with Crippen LogP contribution < -0.4 is 21.5 Å². The largest absolute Gasteiger partial charge is 0.396 e. The highest BCUT2D eigenvalue weighted by atomic mass is 16.5. The topological polar surface area (TPSA) is 135 Å². The molecule has 0 aliphatic carbocycles. The van der Waals surface area contributed by atoms with Crippen molar-refractivity contribution in [3.05, 3.63) is 46.5 Å². The second kappa shape index (κ2) is 10.0. The molecule has 1 fully saturated rings. The number of ether oxygens (including phenoxy) is 1. The maximum atomic E-state index is 13.1. The number of aromatic nitrogens is 4. The molecule has 1 saturated heterocycles. The summed E-state index contributed by atoms with van der Waals surface area (Å²) in [6.45, 7) is 3.43. The third-order valence-electron chi connectivity index (χ3n) is 5.72. The van der Waals surface area contributed by atoms with Crippen molar-refractivity contribution in [1.82, 2.24) is 24.5 Å². The second-order valence-corrected chi connectivity index (χ2v) is 8.17. The smallest absolute Gasteiger partial charge is 0.274 e. The van der Waals surface area contributed by atoms with Crippen molar-refractivity contribution in [3.63, 3.8) is 0 Å². The molecule has 4 N–H and O–H groups in total. The summed E-state index contributed by atoms with van der Waals surface area (Å²) < 4.78 is 8.68. The van der Waals surface area contributed by atoms with Crippen molar-refractivity contribution in [2.24, 2.45) is 5.92 Å². The van der Waals surface area contributed by atoms with Crippen molar-refractivity contribution in [3.8, 4) is 0 Å². The molecule has 3 aromatic rings. The molecule has 1 aliphatic heterocycles. The van der Waals surface area contributed by atoms with Crippen LogP contribution in [-0.4, -0.2) is 63.6 Å². The lowest BCUT2D eigenvalue weighted by molar-refractivity contribution is 0.0687. The molecule has 0 spiro atoms. The van der Waals surface area contributed by atoms with Gasteiger partial charge >= 0.3 is 0 Å². The molecule has 1 amide bonds. The summed E-state index contributed by atoms with van der Waals surface area (Å²) in [5.74, 6) is 0.612. The van der Waals surface area contributed by atoms with E-state index in [0.29, 0.717) is 48.3 Å². The Labute approximate surface area is 190 Å². The summed E-state index contributed by atoms with van der Waals surface area (Å²) in [6.07, 6.45) is 4.83. The van der Waals surface area contributed by atoms with Gasteiger partial charge in [-0.1, -0.05) is 6.92 Å². The lowest BCUT2D eigenvalue weighted by atomic mass is 10.1. The molecule has 33 heavy (non-hydrogen) atoms. The van der Waals surface area contributed by atoms with Gasteiger partial charge in [-0.2, -0.15) is 9.61 Å². The van der Waals surface area contributed by atoms with Crippen LogP contribution in [0.15, 0.2) is 35.4 Å². The van der Waals surface area contributed by atoms with Gasteiger partial charge in [0.1, 0.15) is 22.9 Å². The first kappa shape index (κ1) is 22.7. The molecule has 1 atom stereocenters. The summed E-state index contributed by atoms with van der Waals surface area (Å²) in [4.78, 5) is 30.4. The second-order valence-electron chi connectivity index (χ2n) is 8.17. The maximum Gasteiger partial charge on any atom is 0.274 e. The molecule has 0 radical (unpaired) electrons. The Kier molecular flexibility index (Phi) is 6.90. The Morgan fingerprint density at radius 2 is 2.15 bits per heavy atom. The minimum absolute atomic E-state index is 0.0201. The monoisotopic (exact) mass is 455 g/mol. The third-order valence-corrected chi connectivity index (χ3v) is 5.72. The summed E-state index contributed by atoms with van der Waals surface area (Å²) in [6, 6.07) is 5.36. The van der Waals surface area contributed by atoms with Crippen LogP contribution >= 0.6 is 0 Å². The minimum atomic E-state index is -0.335. The SMILES string of the molecule is CNc1cc(Nc2cccn(C3CCOCC3)c2=O)nc2c(C(=O)NC[C@@H](C)CO)cnn12. The van der Waals surface area contributed by atoms with Gasteiger partial charge in [-0.05, 0) is 30.9 Å². The maximum absolute atomic E-state index is 13.1. The summed E-state index contributed by atoms with van der Waals surface area (Å²) >= 11 is 0. The van der Waals surface area contributed by atoms with E-state index in [4.69, 9.17) is 4.74 Å². The molecule has 1 aliphatic rings. The molecule has 11 nitrogen and oxygen atoms in total. The number of aliphatic hydroxyl groups is 1. The molecule has 11 heteroatoms. The van der Waals surface area contributed by atoms with Gasteiger partial charge in [0.15, 0.2) is 5.65 Å². The zero-order chi connectivity index (χ0) is 23.4. The number of pyridine rings is 1. The number of rotatable bonds is 8. The molecular formula is C22H29N7O4. The number of hydrogen-bond donors (Lipinski definition) is 4. The molecule has 3 aromatic heterocycles. The van der Waals surface area contributed by atoms with Crippen LogP contribution in [0.2, 0.25) is 0 Å². The lowest BCUT2D eigenvalue weighted by Crippen LogP contribution is -2.30. The fraction of sp³-hybridized carbons (Fsp3) is 0.455. The lowest BCUT2D eigenvalue weighted by Gasteiger charge is -2.24. The Balaban J connectivity index is 1.65. The predicted octanol–water partition coefficient (Wildman–Crippen LogP) is 1.39. The van der Waals surface area contributed by atoms with E-state index in [2.05, 4.69) is 26.0 Å². The predicted molar refractivity (Wildman–Crippen MR) is 124 cm³/mol. The van der Waals surface area contributed by atoms with Crippen LogP contribution in [0.3, 0.4) is 0 Å². The molecule has 4 rings (SSSR count). The number of anilines is 3. The van der Waals surface area contributed by atoms with Gasteiger partial charge in [-0.3, -0.25) is 9.59 Å². The van der Waals surface area contributed by atoms with E-state index in [1.54, 1.807) is 29.9 Å². The molecule has 0 aromatic carbocycles. The van der Waals surface area contributed by atoms with Gasteiger partial charge in [0.05, 0.1) is 6.20 Å². The third kappa shape index (κ3) is 4.83. The molecule has 0 saturated carbocycles. The zero-order valence-electron chi connectivity index (χ0n) is 18.7. The highest BCUT2D eigenvalue weighted by Crippen LogP contribution is 2.22. The summed E-state index contributed by atoms with van der Waals surface area (Å²) in [7, 11) is 1.74. The van der Waals surface area contributed by atoms with Gasteiger partial charge in [-0.15, -0.1) is 0 Å². The Bertz CT molecular complexity index is 1180. The van der Waals surface area contributed by atoms with E-state index in [9.17, 15) is 14.7 Å². The van der Waals surface area contributed by atoms with E-state index >= 15 is 0 Å². The molecule has 0 bridgehead atoms. The number of carbonyl (C=O) groups is 1. The number of amides is 1. The minimum Gasteiger partial charge on any atom is -0.396 e. The quantitative estimate of drug-likeness (QED) is 0.400. The average molecular weight is 456 g/mol. The van der Waals surface area contributed by atoms with E-state index in [0.717, 1.165) is 12.8 Å². The average Bonchev–Trinajstić information content (AvgIpc) is 3.27. The van der Waals surface area contributed by atoms with Crippen molar-refractivity contribution in [1.29, 1.82) is 0 Å². The molecule has 0 unspecified atom stereocenters. The van der Waals surface area contributed by atoms with Crippen molar-refractivity contribution < 1.29 is 14.6 Å². The molecule has 176 valence electrons. The Hall–Kier alpha value is -3.44. The van der Waals surface area contributed by atoms with Crippen molar-refractivity contribution in [2.75, 3.05) is 44.0 Å². The number of nitrogens with one attached hydrogen (secondary N) is 3. The van der Waals surface area contributed by atoms with E-state index < -0.39 is 0 Å². The van der Waals surface area contributed by atoms with E-state index in [1.165, 1.54) is 10.7 Å². The van der Waals surface area contributed by atoms with Gasteiger partial charge < -0.3 is 30.4 Å². The number of hydrogen-bond acceptors (Lipinski definition) is 8. The van der Waals surface area contributed by atoms with Crippen molar-refractivity contribution in [2.45, 2.75) is 25.8 Å². The number of nitrogens with zero attached hydrogens (tertiary/aromatic N) is 4. The summed E-state index contributed by atoms with van der Waals surface area (Å²) in [5.41, 5.74) is 0.902. The van der Waals surface area contributed by atoms with Crippen LogP contribution in [0.1, 0.15) is 36.2 Å². The van der Waals surface area contributed by atoms with Crippen LogP contribution in [0, 0.1) is 5.92 Å². The van der Waals surface area contributed by atoms with Gasteiger partial charge in [-0.25, -0.2) is 4.98 Å². The van der Waals surface area contributed by atoms with Gasteiger partial charge in [0, 0.05) is 51.7 Å². The zero-order valence-corrected chi connectivity index (χ0v) is 18.7. The van der Waals surface area contributed by atoms with Crippen LogP contribution in [-0.2, 0) is 4.74 Å². The fourth-order valence-corrected chi connectivity index (χ4v) is 3.79. The first-order chi connectivity index (χ1) is 16.0. The van der Waals surface area contributed by atoms with Crippen molar-refractivity contribution >= 4 is 28.9 Å². The molecular weight excluding hydrogens is 426 g/mol. The highest BCUT2D eigenvalue weighted by Gasteiger charge is 2.20. The first-order valence-corrected chi connectivity index (χ1v) is 11.0. The van der Waals surface area contributed by atoms with E-state index in [-0.39, 0.29) is 30.0 Å². The number of carbonyl (C=O) groups excluding carboxylic acids is 1. The fourth-order valence-electron chi connectivity index (χ4n) is 3.79. The summed E-state index contributed by atoms with van der Waals surface area (Å²) in [5, 5.41) is 22.4. The standard InChI is InChI=1S/C22H29N7O4/c1-14(13-30)11-24-21(31)16-12-25-29-19(23-2)10-18(27-20(16)29)26-17-4-3-7-28(22(17)32)15-5-8-33-9-6-15/h3-4,7,10,12,14-15,23,30H,5-6,8-9,11,13H2,1-2H3,(H,24,31)(H,26,27)/t14-/m1/s1. The number of fused-ring (bicyclic) bond motifs is 1. The Morgan fingerprint density at radius 3 is 2.88 bits per heavy atom. The van der Waals surface area contributed by atoms with Crippen LogP contribution in [0.5, 0.6) is 0 Å². The number of aliphatic hydroxyl groups excluding tert-OH is 1.